The Labute approximate surface area is 128 Å². The van der Waals surface area contributed by atoms with Crippen LogP contribution in [-0.4, -0.2) is 9.55 Å². The van der Waals surface area contributed by atoms with Crippen LogP contribution in [0.5, 0.6) is 0 Å². The first-order chi connectivity index (χ1) is 9.45. The minimum absolute atomic E-state index is 0.274. The summed E-state index contributed by atoms with van der Waals surface area (Å²) in [6, 6.07) is 6.10. The van der Waals surface area contributed by atoms with Crippen LogP contribution in [0.25, 0.3) is 11.3 Å². The normalized spacial score (nSPS) is 10.8. The summed E-state index contributed by atoms with van der Waals surface area (Å²) in [5.74, 6) is 4.47. The Kier molecular flexibility index (Phi) is 4.20. The van der Waals surface area contributed by atoms with Gasteiger partial charge in [0.2, 0.25) is 0 Å². The third-order valence-electron chi connectivity index (χ3n) is 3.23. The van der Waals surface area contributed by atoms with E-state index < -0.39 is 0 Å². The van der Waals surface area contributed by atoms with Crippen LogP contribution in [-0.2, 0) is 6.54 Å². The average Bonchev–Trinajstić information content (AvgIpc) is 2.72. The van der Waals surface area contributed by atoms with Crippen molar-refractivity contribution < 1.29 is 0 Å². The monoisotopic (exact) mass is 331 g/mol. The van der Waals surface area contributed by atoms with Crippen LogP contribution < -0.4 is 5.73 Å². The molecular formula is C16H18BrN3. The van der Waals surface area contributed by atoms with Crippen LogP contribution in [0.3, 0.4) is 0 Å². The Morgan fingerprint density at radius 1 is 1.45 bits per heavy atom. The van der Waals surface area contributed by atoms with Gasteiger partial charge in [0, 0.05) is 16.0 Å². The topological polar surface area (TPSA) is 43.8 Å². The molecule has 0 unspecified atom stereocenters. The fourth-order valence-electron chi connectivity index (χ4n) is 2.19. The van der Waals surface area contributed by atoms with E-state index in [9.17, 15) is 0 Å². The predicted octanol–water partition coefficient (Wildman–Crippen LogP) is 3.96. The van der Waals surface area contributed by atoms with Crippen LogP contribution in [0.15, 0.2) is 22.7 Å². The second-order valence-electron chi connectivity index (χ2n) is 5.11. The van der Waals surface area contributed by atoms with E-state index in [0.717, 1.165) is 27.1 Å². The Hall–Kier alpha value is -1.73. The van der Waals surface area contributed by atoms with Crippen molar-refractivity contribution in [3.05, 3.63) is 34.1 Å². The molecule has 0 spiro atoms. The van der Waals surface area contributed by atoms with E-state index in [4.69, 9.17) is 17.1 Å². The third kappa shape index (κ3) is 2.59. The summed E-state index contributed by atoms with van der Waals surface area (Å²) in [5, 5.41) is 0. The van der Waals surface area contributed by atoms with Crippen molar-refractivity contribution in [3.8, 4) is 23.6 Å². The zero-order valence-electron chi connectivity index (χ0n) is 11.9. The predicted molar refractivity (Wildman–Crippen MR) is 87.4 cm³/mol. The highest BCUT2D eigenvalue weighted by molar-refractivity contribution is 9.10. The molecule has 4 heteroatoms. The number of nitrogens with zero attached hydrogens (tertiary/aromatic N) is 2. The van der Waals surface area contributed by atoms with E-state index in [1.165, 1.54) is 0 Å². The number of nitrogen functional groups attached to an aromatic ring is 1. The number of terminal acetylenes is 1. The van der Waals surface area contributed by atoms with Crippen LogP contribution in [0, 0.1) is 19.3 Å². The van der Waals surface area contributed by atoms with Gasteiger partial charge in [-0.1, -0.05) is 41.8 Å². The van der Waals surface area contributed by atoms with Gasteiger partial charge >= 0.3 is 0 Å². The molecule has 20 heavy (non-hydrogen) atoms. The van der Waals surface area contributed by atoms with Crippen molar-refractivity contribution in [2.24, 2.45) is 0 Å². The van der Waals surface area contributed by atoms with Crippen LogP contribution in [0.1, 0.15) is 31.2 Å². The summed E-state index contributed by atoms with van der Waals surface area (Å²) in [4.78, 5) is 4.70. The molecule has 2 N–H and O–H groups in total. The molecule has 3 nitrogen and oxygen atoms in total. The van der Waals surface area contributed by atoms with Gasteiger partial charge in [-0.2, -0.15) is 0 Å². The molecule has 0 saturated heterocycles. The second-order valence-corrected chi connectivity index (χ2v) is 5.97. The highest BCUT2D eigenvalue weighted by Crippen LogP contribution is 2.31. The maximum atomic E-state index is 6.24. The molecule has 2 rings (SSSR count). The number of halogens is 1. The molecule has 0 atom stereocenters. The number of aryl methyl sites for hydroxylation is 1. The summed E-state index contributed by atoms with van der Waals surface area (Å²) in [5.41, 5.74) is 9.21. The highest BCUT2D eigenvalue weighted by atomic mass is 79.9. The Balaban J connectivity index is 2.60. The zero-order valence-corrected chi connectivity index (χ0v) is 13.5. The van der Waals surface area contributed by atoms with Gasteiger partial charge in [-0.05, 0) is 24.6 Å². The summed E-state index contributed by atoms with van der Waals surface area (Å²) >= 11 is 3.50. The first-order valence-corrected chi connectivity index (χ1v) is 7.30. The van der Waals surface area contributed by atoms with Gasteiger partial charge in [-0.25, -0.2) is 4.98 Å². The molecule has 0 fully saturated rings. The first-order valence-electron chi connectivity index (χ1n) is 6.51. The van der Waals surface area contributed by atoms with E-state index in [0.29, 0.717) is 12.4 Å². The molecule has 0 amide bonds. The van der Waals surface area contributed by atoms with Gasteiger partial charge in [0.25, 0.3) is 0 Å². The Bertz CT molecular complexity index is 678. The van der Waals surface area contributed by atoms with E-state index in [1.807, 2.05) is 23.6 Å². The molecule has 0 radical (unpaired) electrons. The number of hydrogen-bond acceptors (Lipinski definition) is 2. The number of aromatic nitrogens is 2. The van der Waals surface area contributed by atoms with Crippen LogP contribution >= 0.6 is 15.9 Å². The van der Waals surface area contributed by atoms with E-state index >= 15 is 0 Å². The van der Waals surface area contributed by atoms with Crippen molar-refractivity contribution in [1.82, 2.24) is 9.55 Å². The van der Waals surface area contributed by atoms with Gasteiger partial charge in [0.1, 0.15) is 17.3 Å². The van der Waals surface area contributed by atoms with Gasteiger partial charge in [0.05, 0.1) is 6.54 Å². The number of anilines is 1. The number of rotatable bonds is 3. The first kappa shape index (κ1) is 14.7. The number of hydrogen-bond donors (Lipinski definition) is 1. The van der Waals surface area contributed by atoms with E-state index in [-0.39, 0.29) is 5.92 Å². The molecule has 0 aliphatic carbocycles. The number of benzene rings is 1. The van der Waals surface area contributed by atoms with Crippen LogP contribution in [0.2, 0.25) is 0 Å². The zero-order chi connectivity index (χ0) is 14.9. The molecule has 1 aromatic carbocycles. The van der Waals surface area contributed by atoms with Crippen LogP contribution in [0.4, 0.5) is 5.82 Å². The Morgan fingerprint density at radius 2 is 2.15 bits per heavy atom. The standard InChI is InChI=1S/C16H18BrN3/c1-5-8-20-15(18)14(19-16(20)10(2)3)12-6-7-13(17)11(4)9-12/h1,6-7,9-10H,8,18H2,2-4H3. The molecule has 1 aromatic heterocycles. The molecule has 0 bridgehead atoms. The van der Waals surface area contributed by atoms with Crippen molar-refractivity contribution >= 4 is 21.7 Å². The minimum atomic E-state index is 0.274. The summed E-state index contributed by atoms with van der Waals surface area (Å²) in [6.45, 7) is 6.67. The van der Waals surface area contributed by atoms with Gasteiger partial charge in [-0.3, -0.25) is 0 Å². The van der Waals surface area contributed by atoms with E-state index in [2.05, 4.69) is 41.8 Å². The summed E-state index contributed by atoms with van der Waals surface area (Å²) in [6.07, 6.45) is 5.43. The molecular weight excluding hydrogens is 314 g/mol. The van der Waals surface area contributed by atoms with Gasteiger partial charge < -0.3 is 10.3 Å². The number of imidazole rings is 1. The van der Waals surface area contributed by atoms with Gasteiger partial charge in [-0.15, -0.1) is 6.42 Å². The van der Waals surface area contributed by atoms with Crippen molar-refractivity contribution in [2.45, 2.75) is 33.2 Å². The van der Waals surface area contributed by atoms with Gasteiger partial charge in [0.15, 0.2) is 0 Å². The molecule has 104 valence electrons. The van der Waals surface area contributed by atoms with Crippen molar-refractivity contribution in [3.63, 3.8) is 0 Å². The lowest BCUT2D eigenvalue weighted by Crippen LogP contribution is -2.07. The van der Waals surface area contributed by atoms with E-state index in [1.54, 1.807) is 0 Å². The lowest BCUT2D eigenvalue weighted by Gasteiger charge is -2.08. The quantitative estimate of drug-likeness (QED) is 0.865. The fraction of sp³-hybridized carbons (Fsp3) is 0.312. The molecule has 0 aliphatic heterocycles. The molecule has 0 saturated carbocycles. The average molecular weight is 332 g/mol. The highest BCUT2D eigenvalue weighted by Gasteiger charge is 2.18. The summed E-state index contributed by atoms with van der Waals surface area (Å²) < 4.78 is 2.99. The lowest BCUT2D eigenvalue weighted by molar-refractivity contribution is 0.691. The SMILES string of the molecule is C#CCn1c(C(C)C)nc(-c2ccc(Br)c(C)c2)c1N. The number of nitrogens with two attached hydrogens (primary N) is 1. The maximum Gasteiger partial charge on any atom is 0.132 e. The minimum Gasteiger partial charge on any atom is -0.383 e. The molecule has 2 aromatic rings. The molecule has 1 heterocycles. The second kappa shape index (κ2) is 5.72. The smallest absolute Gasteiger partial charge is 0.132 e. The molecule has 0 aliphatic rings. The third-order valence-corrected chi connectivity index (χ3v) is 4.12. The lowest BCUT2D eigenvalue weighted by atomic mass is 10.1. The fourth-order valence-corrected chi connectivity index (χ4v) is 2.43. The maximum absolute atomic E-state index is 6.24. The van der Waals surface area contributed by atoms with Crippen molar-refractivity contribution in [1.29, 1.82) is 0 Å². The Morgan fingerprint density at radius 3 is 2.70 bits per heavy atom. The summed E-state index contributed by atoms with van der Waals surface area (Å²) in [7, 11) is 0. The van der Waals surface area contributed by atoms with Crippen molar-refractivity contribution in [2.75, 3.05) is 5.73 Å². The largest absolute Gasteiger partial charge is 0.383 e.